The van der Waals surface area contributed by atoms with Gasteiger partial charge in [0.1, 0.15) is 42.7 Å². The van der Waals surface area contributed by atoms with Crippen LogP contribution in [-0.4, -0.2) is 74.6 Å². The fourth-order valence-corrected chi connectivity index (χ4v) is 8.95. The Bertz CT molecular complexity index is 2550. The molecule has 11 nitrogen and oxygen atoms in total. The fourth-order valence-electron chi connectivity index (χ4n) is 8.95. The maximum absolute atomic E-state index is 14.5. The van der Waals surface area contributed by atoms with Gasteiger partial charge in [-0.05, 0) is 38.9 Å². The first-order valence-electron chi connectivity index (χ1n) is 24.8. The summed E-state index contributed by atoms with van der Waals surface area (Å²) in [4.78, 5) is 0. The molecule has 11 heteroatoms. The standard InChI is InChI=1S/C61H63O11/c62-60-58(68-41-50-32-18-6-19-33-50)57(67-40-49-30-16-5-17-31-49)55(53(70-60)44-64-37-46-24-10-2-11-25-46)72-61-59(69-42-51-34-20-7-21-35-51)56(66-39-48-28-14-4-15-29-48)54(65-38-47-26-12-3-13-27-47)52(71-61)43-63-36-45-22-8-1-9-23-45/h1-35,52-61H,36-44H2/q-1/t52-,53-,54-,55-,56+,57+,58-,59-,60+,61-/m1/s1. The molecule has 0 aromatic heterocycles. The summed E-state index contributed by atoms with van der Waals surface area (Å²) in [5, 5.41) is 14.5. The third-order valence-corrected chi connectivity index (χ3v) is 12.7. The van der Waals surface area contributed by atoms with Crippen LogP contribution in [0.4, 0.5) is 0 Å². The van der Waals surface area contributed by atoms with Crippen molar-refractivity contribution in [3.63, 3.8) is 0 Å². The van der Waals surface area contributed by atoms with Gasteiger partial charge in [-0.3, -0.25) is 0 Å². The highest BCUT2D eigenvalue weighted by atomic mass is 16.8. The van der Waals surface area contributed by atoms with E-state index < -0.39 is 61.4 Å². The van der Waals surface area contributed by atoms with Crippen molar-refractivity contribution >= 4 is 0 Å². The van der Waals surface area contributed by atoms with Crippen molar-refractivity contribution in [3.05, 3.63) is 251 Å². The summed E-state index contributed by atoms with van der Waals surface area (Å²) in [6, 6.07) is 69.3. The second-order valence-corrected chi connectivity index (χ2v) is 18.0. The van der Waals surface area contributed by atoms with Crippen LogP contribution in [0.25, 0.3) is 0 Å². The van der Waals surface area contributed by atoms with Crippen LogP contribution in [0.2, 0.25) is 0 Å². The van der Waals surface area contributed by atoms with Crippen LogP contribution < -0.4 is 5.11 Å². The third-order valence-electron chi connectivity index (χ3n) is 12.7. The largest absolute Gasteiger partial charge is 0.829 e. The molecule has 2 saturated heterocycles. The van der Waals surface area contributed by atoms with Crippen LogP contribution in [-0.2, 0) is 93.6 Å². The van der Waals surface area contributed by atoms with Gasteiger partial charge in [0.2, 0.25) is 0 Å². The molecule has 2 aliphatic rings. The number of ether oxygens (including phenoxy) is 10. The molecule has 7 aromatic carbocycles. The predicted octanol–water partition coefficient (Wildman–Crippen LogP) is 9.54. The van der Waals surface area contributed by atoms with Gasteiger partial charge in [-0.15, -0.1) is 0 Å². The lowest BCUT2D eigenvalue weighted by Gasteiger charge is -2.52. The van der Waals surface area contributed by atoms with Crippen molar-refractivity contribution in [2.24, 2.45) is 0 Å². The van der Waals surface area contributed by atoms with Crippen LogP contribution >= 0.6 is 0 Å². The van der Waals surface area contributed by atoms with Gasteiger partial charge >= 0.3 is 0 Å². The molecule has 72 heavy (non-hydrogen) atoms. The summed E-state index contributed by atoms with van der Waals surface area (Å²) in [6.07, 6.45) is -9.97. The maximum Gasteiger partial charge on any atom is 0.187 e. The van der Waals surface area contributed by atoms with E-state index >= 15 is 0 Å². The van der Waals surface area contributed by atoms with Crippen molar-refractivity contribution in [2.75, 3.05) is 13.2 Å². The Kier molecular flexibility index (Phi) is 19.3. The van der Waals surface area contributed by atoms with Crippen LogP contribution in [0.3, 0.4) is 0 Å². The van der Waals surface area contributed by atoms with Crippen LogP contribution in [0.15, 0.2) is 212 Å². The molecule has 0 N–H and O–H groups in total. The number of hydrogen-bond acceptors (Lipinski definition) is 11. The molecule has 10 atom stereocenters. The summed E-state index contributed by atoms with van der Waals surface area (Å²) in [6.45, 7) is 1.74. The van der Waals surface area contributed by atoms with Gasteiger partial charge in [-0.1, -0.05) is 212 Å². The zero-order valence-electron chi connectivity index (χ0n) is 40.3. The molecule has 0 unspecified atom stereocenters. The van der Waals surface area contributed by atoms with Crippen molar-refractivity contribution in [1.82, 2.24) is 0 Å². The van der Waals surface area contributed by atoms with E-state index in [4.69, 9.17) is 47.4 Å². The summed E-state index contributed by atoms with van der Waals surface area (Å²) in [5.41, 5.74) is 6.66. The fraction of sp³-hybridized carbons (Fsp3) is 0.311. The zero-order valence-corrected chi connectivity index (χ0v) is 40.3. The topological polar surface area (TPSA) is 115 Å². The molecule has 2 aliphatic heterocycles. The van der Waals surface area contributed by atoms with Crippen LogP contribution in [0.5, 0.6) is 0 Å². The minimum Gasteiger partial charge on any atom is -0.829 e. The van der Waals surface area contributed by atoms with Crippen molar-refractivity contribution < 1.29 is 52.5 Å². The predicted molar refractivity (Wildman–Crippen MR) is 269 cm³/mol. The Hall–Kier alpha value is -5.90. The van der Waals surface area contributed by atoms with Crippen molar-refractivity contribution in [1.29, 1.82) is 0 Å². The highest BCUT2D eigenvalue weighted by Crippen LogP contribution is 2.36. The van der Waals surface area contributed by atoms with E-state index in [0.29, 0.717) is 6.61 Å². The highest BCUT2D eigenvalue weighted by molar-refractivity contribution is 5.19. The normalized spacial score (nSPS) is 24.2. The van der Waals surface area contributed by atoms with Gasteiger partial charge < -0.3 is 52.5 Å². The quantitative estimate of drug-likeness (QED) is 0.0546. The summed E-state index contributed by atoms with van der Waals surface area (Å²) < 4.78 is 68.3. The molecule has 0 radical (unpaired) electrons. The lowest BCUT2D eigenvalue weighted by Crippen LogP contribution is -2.67. The summed E-state index contributed by atoms with van der Waals surface area (Å²) in [7, 11) is 0. The average molecular weight is 972 g/mol. The Morgan fingerprint density at radius 1 is 0.292 bits per heavy atom. The van der Waals surface area contributed by atoms with E-state index in [2.05, 4.69) is 0 Å². The summed E-state index contributed by atoms with van der Waals surface area (Å²) >= 11 is 0. The molecule has 0 aliphatic carbocycles. The molecular formula is C61H63O11-. The molecule has 7 aromatic rings. The van der Waals surface area contributed by atoms with E-state index in [1.807, 2.05) is 212 Å². The SMILES string of the molecule is [O-][C@H]1O[C@H](COCc2ccccc2)[C@@H](O[C@H]2O[C@H](COCc3ccccc3)[C@@H](OCc3ccccc3)[C@H](OCc3ccccc3)[C@H]2OCc2ccccc2)[C@H](OCc2ccccc2)[C@H]1OCc1ccccc1. The van der Waals surface area contributed by atoms with E-state index in [9.17, 15) is 5.11 Å². The first-order chi connectivity index (χ1) is 35.6. The molecule has 0 bridgehead atoms. The zero-order chi connectivity index (χ0) is 49.0. The second-order valence-electron chi connectivity index (χ2n) is 18.0. The molecule has 374 valence electrons. The first kappa shape index (κ1) is 51.0. The Morgan fingerprint density at radius 3 is 0.931 bits per heavy atom. The Labute approximate surface area is 423 Å². The molecule has 0 amide bonds. The smallest absolute Gasteiger partial charge is 0.187 e. The maximum atomic E-state index is 14.5. The van der Waals surface area contributed by atoms with Gasteiger partial charge in [-0.2, -0.15) is 0 Å². The summed E-state index contributed by atoms with van der Waals surface area (Å²) in [5.74, 6) is 0. The lowest BCUT2D eigenvalue weighted by molar-refractivity contribution is -0.539. The first-order valence-corrected chi connectivity index (χ1v) is 24.8. The van der Waals surface area contributed by atoms with E-state index in [-0.39, 0.29) is 52.9 Å². The third kappa shape index (κ3) is 14.8. The number of hydrogen-bond donors (Lipinski definition) is 0. The molecule has 0 spiro atoms. The van der Waals surface area contributed by atoms with Gasteiger partial charge in [0.05, 0.1) is 65.6 Å². The minimum atomic E-state index is -1.66. The van der Waals surface area contributed by atoms with Gasteiger partial charge in [-0.25, -0.2) is 0 Å². The molecule has 2 heterocycles. The molecule has 2 fully saturated rings. The number of benzene rings is 7. The van der Waals surface area contributed by atoms with Gasteiger partial charge in [0.25, 0.3) is 0 Å². The van der Waals surface area contributed by atoms with E-state index in [1.54, 1.807) is 0 Å². The van der Waals surface area contributed by atoms with Crippen molar-refractivity contribution in [3.8, 4) is 0 Å². The molecular weight excluding hydrogens is 909 g/mol. The van der Waals surface area contributed by atoms with E-state index in [0.717, 1.165) is 38.9 Å². The molecule has 0 saturated carbocycles. The number of rotatable bonds is 25. The lowest BCUT2D eigenvalue weighted by atomic mass is 9.95. The molecule has 9 rings (SSSR count). The monoisotopic (exact) mass is 971 g/mol. The van der Waals surface area contributed by atoms with Gasteiger partial charge in [0.15, 0.2) is 6.29 Å². The second kappa shape index (κ2) is 27.2. The van der Waals surface area contributed by atoms with E-state index in [1.165, 1.54) is 0 Å². The Balaban J connectivity index is 1.10. The van der Waals surface area contributed by atoms with Crippen LogP contribution in [0.1, 0.15) is 38.9 Å². The highest BCUT2D eigenvalue weighted by Gasteiger charge is 2.53. The van der Waals surface area contributed by atoms with Gasteiger partial charge in [0, 0.05) is 6.29 Å². The van der Waals surface area contributed by atoms with Crippen LogP contribution in [0, 0.1) is 0 Å². The average Bonchev–Trinajstić information content (AvgIpc) is 3.43. The minimum absolute atomic E-state index is 0.00246. The Morgan fingerprint density at radius 2 is 0.569 bits per heavy atom. The van der Waals surface area contributed by atoms with Crippen molar-refractivity contribution in [2.45, 2.75) is 108 Å².